The molecule has 0 bridgehead atoms. The second-order valence-corrected chi connectivity index (χ2v) is 6.21. The van der Waals surface area contributed by atoms with Gasteiger partial charge in [0, 0.05) is 0 Å². The molecule has 2 aromatic rings. The Hall–Kier alpha value is -2.83. The van der Waals surface area contributed by atoms with E-state index in [1.807, 2.05) is 30.3 Å². The molecule has 0 radical (unpaired) electrons. The van der Waals surface area contributed by atoms with E-state index >= 15 is 0 Å². The summed E-state index contributed by atoms with van der Waals surface area (Å²) in [6.07, 6.45) is -1.30. The van der Waals surface area contributed by atoms with E-state index in [-0.39, 0.29) is 36.1 Å². The molecule has 0 aliphatic heterocycles. The van der Waals surface area contributed by atoms with Crippen molar-refractivity contribution in [1.29, 1.82) is 0 Å². The third kappa shape index (κ3) is 5.34. The van der Waals surface area contributed by atoms with Crippen molar-refractivity contribution in [3.05, 3.63) is 77.2 Å². The van der Waals surface area contributed by atoms with Crippen LogP contribution in [-0.2, 0) is 16.1 Å². The van der Waals surface area contributed by atoms with Crippen molar-refractivity contribution in [1.82, 2.24) is 4.90 Å². The molecule has 0 aromatic heterocycles. The number of Topliss-reactive ketones (excluding diaryl/α,β-unsaturated/α-hetero) is 1. The van der Waals surface area contributed by atoms with Gasteiger partial charge in [-0.1, -0.05) is 42.5 Å². The van der Waals surface area contributed by atoms with E-state index in [2.05, 4.69) is 0 Å². The predicted octanol–water partition coefficient (Wildman–Crippen LogP) is 1.94. The number of ketones is 1. The number of rotatable bonds is 8. The zero-order valence-electron chi connectivity index (χ0n) is 14.9. The summed E-state index contributed by atoms with van der Waals surface area (Å²) in [5.74, 6) is -0.488. The number of carbonyl (C=O) groups excluding carboxylic acids is 1. The Morgan fingerprint density at radius 2 is 1.85 bits per heavy atom. The van der Waals surface area contributed by atoms with Crippen molar-refractivity contribution < 1.29 is 19.7 Å². The van der Waals surface area contributed by atoms with E-state index in [1.165, 1.54) is 12.1 Å². The number of phenols is 1. The molecule has 138 valence electrons. The molecular weight excluding hydrogens is 332 g/mol. The maximum Gasteiger partial charge on any atom is 0.194 e. The lowest BCUT2D eigenvalue weighted by Gasteiger charge is -2.19. The quantitative estimate of drug-likeness (QED) is 0.494. The maximum atomic E-state index is 12.6. The van der Waals surface area contributed by atoms with E-state index < -0.39 is 6.10 Å². The van der Waals surface area contributed by atoms with Crippen LogP contribution in [0.5, 0.6) is 5.75 Å². The number of benzene rings is 2. The Labute approximate surface area is 153 Å². The van der Waals surface area contributed by atoms with Gasteiger partial charge in [0.15, 0.2) is 11.7 Å². The Morgan fingerprint density at radius 3 is 2.46 bits per heavy atom. The van der Waals surface area contributed by atoms with Crippen LogP contribution in [-0.4, -0.2) is 41.5 Å². The van der Waals surface area contributed by atoms with Gasteiger partial charge in [-0.2, -0.15) is 0 Å². The molecule has 6 heteroatoms. The van der Waals surface area contributed by atoms with Gasteiger partial charge < -0.3 is 25.6 Å². The van der Waals surface area contributed by atoms with Gasteiger partial charge in [-0.15, -0.1) is 0 Å². The minimum absolute atomic E-state index is 0.00951. The fourth-order valence-corrected chi connectivity index (χ4v) is 2.47. The zero-order chi connectivity index (χ0) is 19.1. The van der Waals surface area contributed by atoms with Crippen LogP contribution in [0.15, 0.2) is 66.1 Å². The number of hydrogen-bond acceptors (Lipinski definition) is 6. The highest BCUT2D eigenvalue weighted by Crippen LogP contribution is 2.27. The van der Waals surface area contributed by atoms with Gasteiger partial charge in [-0.05, 0) is 37.4 Å². The van der Waals surface area contributed by atoms with E-state index in [0.717, 1.165) is 5.56 Å². The summed E-state index contributed by atoms with van der Waals surface area (Å²) in [6, 6.07) is 15.5. The molecular formula is C20H24N2O4. The van der Waals surface area contributed by atoms with Gasteiger partial charge in [0.2, 0.25) is 0 Å². The first-order valence-corrected chi connectivity index (χ1v) is 8.19. The largest absolute Gasteiger partial charge is 0.508 e. The summed E-state index contributed by atoms with van der Waals surface area (Å²) >= 11 is 0. The first-order chi connectivity index (χ1) is 12.4. The van der Waals surface area contributed by atoms with Gasteiger partial charge in [-0.25, -0.2) is 0 Å². The van der Waals surface area contributed by atoms with Crippen LogP contribution in [0.2, 0.25) is 0 Å². The fourth-order valence-electron chi connectivity index (χ4n) is 2.47. The first kappa shape index (κ1) is 19.5. The average Bonchev–Trinajstić information content (AvgIpc) is 2.60. The van der Waals surface area contributed by atoms with Crippen LogP contribution in [0.3, 0.4) is 0 Å². The molecule has 26 heavy (non-hydrogen) atoms. The summed E-state index contributed by atoms with van der Waals surface area (Å²) in [5, 5.41) is 20.3. The molecule has 0 aliphatic carbocycles. The number of ether oxygens (including phenoxy) is 1. The molecule has 0 unspecified atom stereocenters. The molecule has 0 saturated heterocycles. The van der Waals surface area contributed by atoms with Crippen LogP contribution in [0.1, 0.15) is 17.2 Å². The van der Waals surface area contributed by atoms with Crippen molar-refractivity contribution in [2.75, 3.05) is 20.6 Å². The molecule has 0 fully saturated rings. The highest BCUT2D eigenvalue weighted by atomic mass is 16.5. The highest BCUT2D eigenvalue weighted by molar-refractivity contribution is 5.98. The second kappa shape index (κ2) is 9.03. The summed E-state index contributed by atoms with van der Waals surface area (Å²) < 4.78 is 5.56. The first-order valence-electron chi connectivity index (χ1n) is 8.19. The summed E-state index contributed by atoms with van der Waals surface area (Å²) in [7, 11) is 3.49. The van der Waals surface area contributed by atoms with Gasteiger partial charge in [-0.3, -0.25) is 4.79 Å². The number of carbonyl (C=O) groups is 1. The Balaban J connectivity index is 2.30. The van der Waals surface area contributed by atoms with Crippen molar-refractivity contribution in [3.63, 3.8) is 0 Å². The number of nitrogens with zero attached hydrogens (tertiary/aromatic N) is 1. The van der Waals surface area contributed by atoms with Crippen molar-refractivity contribution in [2.24, 2.45) is 5.73 Å². The molecule has 1 atom stereocenters. The number of nitrogens with two attached hydrogens (primary N) is 1. The number of aromatic hydroxyl groups is 1. The number of aliphatic hydroxyl groups excluding tert-OH is 1. The van der Waals surface area contributed by atoms with Crippen LogP contribution < -0.4 is 5.73 Å². The predicted molar refractivity (Wildman–Crippen MR) is 99.1 cm³/mol. The lowest BCUT2D eigenvalue weighted by molar-refractivity contribution is -0.117. The molecule has 4 N–H and O–H groups in total. The summed E-state index contributed by atoms with van der Waals surface area (Å²) in [6.45, 7) is 0.249. The highest BCUT2D eigenvalue weighted by Gasteiger charge is 2.25. The van der Waals surface area contributed by atoms with Gasteiger partial charge >= 0.3 is 0 Å². The topological polar surface area (TPSA) is 96.0 Å². The molecule has 6 nitrogen and oxygen atoms in total. The number of aliphatic hydroxyl groups is 1. The number of likely N-dealkylation sites (N-methyl/N-ethyl adjacent to an activating group) is 1. The van der Waals surface area contributed by atoms with Gasteiger partial charge in [0.05, 0.1) is 12.1 Å². The van der Waals surface area contributed by atoms with E-state index in [4.69, 9.17) is 10.5 Å². The van der Waals surface area contributed by atoms with Gasteiger partial charge in [0.1, 0.15) is 18.5 Å². The minimum atomic E-state index is -1.30. The minimum Gasteiger partial charge on any atom is -0.508 e. The second-order valence-electron chi connectivity index (χ2n) is 6.21. The van der Waals surface area contributed by atoms with Crippen LogP contribution in [0.4, 0.5) is 0 Å². The number of phenolic OH excluding ortho intramolecular Hbond substituents is 1. The molecule has 2 aromatic carbocycles. The number of hydrogen-bond donors (Lipinski definition) is 3. The third-order valence-corrected chi connectivity index (χ3v) is 3.72. The summed E-state index contributed by atoms with van der Waals surface area (Å²) in [5.41, 5.74) is 7.24. The van der Waals surface area contributed by atoms with E-state index in [9.17, 15) is 15.0 Å². The summed E-state index contributed by atoms with van der Waals surface area (Å²) in [4.78, 5) is 14.3. The van der Waals surface area contributed by atoms with Crippen molar-refractivity contribution in [2.45, 2.75) is 12.7 Å². The van der Waals surface area contributed by atoms with Gasteiger partial charge in [0.25, 0.3) is 0 Å². The van der Waals surface area contributed by atoms with Crippen LogP contribution >= 0.6 is 0 Å². The molecule has 2 rings (SSSR count). The molecule has 0 heterocycles. The monoisotopic (exact) mass is 356 g/mol. The van der Waals surface area contributed by atoms with Crippen LogP contribution in [0, 0.1) is 0 Å². The average molecular weight is 356 g/mol. The lowest BCUT2D eigenvalue weighted by Crippen LogP contribution is -2.28. The van der Waals surface area contributed by atoms with E-state index in [0.29, 0.717) is 5.56 Å². The Bertz CT molecular complexity index is 772. The molecule has 0 amide bonds. The smallest absolute Gasteiger partial charge is 0.194 e. The third-order valence-electron chi connectivity index (χ3n) is 3.72. The zero-order valence-corrected chi connectivity index (χ0v) is 14.9. The SMILES string of the molecule is CN(C)CC(=O)C(=C(N)OCc1ccccc1)[C@H](O)c1cccc(O)c1. The van der Waals surface area contributed by atoms with Crippen molar-refractivity contribution in [3.8, 4) is 5.75 Å². The molecule has 0 saturated carbocycles. The normalized spacial score (nSPS) is 13.2. The van der Waals surface area contributed by atoms with Crippen molar-refractivity contribution >= 4 is 5.78 Å². The fraction of sp³-hybridized carbons (Fsp3) is 0.250. The van der Waals surface area contributed by atoms with Crippen LogP contribution in [0.25, 0.3) is 0 Å². The Morgan fingerprint density at radius 1 is 1.15 bits per heavy atom. The van der Waals surface area contributed by atoms with E-state index in [1.54, 1.807) is 31.1 Å². The maximum absolute atomic E-state index is 12.6. The molecule has 0 aliphatic rings. The Kier molecular flexibility index (Phi) is 6.77. The standard InChI is InChI=1S/C20H24N2O4/c1-22(2)12-17(24)18(19(25)15-9-6-10-16(23)11-15)20(21)26-13-14-7-4-3-5-8-14/h3-11,19,23,25H,12-13,21H2,1-2H3/t19-/m1/s1. The molecule has 0 spiro atoms. The lowest BCUT2D eigenvalue weighted by atomic mass is 9.98.